The minimum absolute atomic E-state index is 0.0105. The van der Waals surface area contributed by atoms with Crippen molar-refractivity contribution in [2.24, 2.45) is 5.92 Å². The molecule has 2 saturated heterocycles. The zero-order valence-electron chi connectivity index (χ0n) is 27.0. The molecule has 2 fully saturated rings. The van der Waals surface area contributed by atoms with Crippen LogP contribution in [0.5, 0.6) is 0 Å². The smallest absolute Gasteiger partial charge is 0.308 e. The summed E-state index contributed by atoms with van der Waals surface area (Å²) < 4.78 is 30.8. The maximum absolute atomic E-state index is 13.6. The predicted molar refractivity (Wildman–Crippen MR) is 185 cm³/mol. The topological polar surface area (TPSA) is 96.3 Å². The molecule has 0 saturated carbocycles. The van der Waals surface area contributed by atoms with E-state index in [1.165, 1.54) is 0 Å². The van der Waals surface area contributed by atoms with Crippen LogP contribution in [0.15, 0.2) is 90.3 Å². The van der Waals surface area contributed by atoms with Gasteiger partial charge in [0.2, 0.25) is 10.0 Å². The highest BCUT2D eigenvalue weighted by atomic mass is 32.2. The van der Waals surface area contributed by atoms with Gasteiger partial charge in [-0.2, -0.15) is 9.40 Å². The van der Waals surface area contributed by atoms with Gasteiger partial charge in [-0.3, -0.25) is 5.32 Å². The minimum atomic E-state index is -3.56. The summed E-state index contributed by atoms with van der Waals surface area (Å²) in [7, 11) is -3.56. The molecule has 2 N–H and O–H groups in total. The normalized spacial score (nSPS) is 20.0. The molecule has 2 unspecified atom stereocenters. The van der Waals surface area contributed by atoms with Gasteiger partial charge in [-0.15, -0.1) is 0 Å². The van der Waals surface area contributed by atoms with Gasteiger partial charge in [-0.05, 0) is 92.5 Å². The fraction of sp³-hybridized carbons (Fsp3) is 0.351. The molecule has 1 aromatic heterocycles. The predicted octanol–water partition coefficient (Wildman–Crippen LogP) is 7.94. The van der Waals surface area contributed by atoms with Gasteiger partial charge < -0.3 is 5.32 Å². The highest BCUT2D eigenvalue weighted by Gasteiger charge is 2.47. The standard InChI is InChI=1S/C37H43N5O3S/c1-6-26-12-18-33(19-13-26)46(44,45)42-31-16-17-32(42)23-28(22-31)20-27-8-7-9-29(21-27)38-36(43)39-35-24-34(37(3,4)5)40-41(35)30-14-10-25(2)11-15-30/h6-15,18-19,21,24,28,31-32H,1,16-17,20,22-23H2,2-5H3,(H2,38,39,43). The van der Waals surface area contributed by atoms with Gasteiger partial charge >= 0.3 is 6.03 Å². The Kier molecular flexibility index (Phi) is 8.65. The van der Waals surface area contributed by atoms with E-state index in [0.29, 0.717) is 22.3 Å². The molecule has 8 nitrogen and oxygen atoms in total. The zero-order valence-corrected chi connectivity index (χ0v) is 27.8. The van der Waals surface area contributed by atoms with E-state index in [1.54, 1.807) is 39.3 Å². The lowest BCUT2D eigenvalue weighted by molar-refractivity contribution is 0.190. The SMILES string of the molecule is C=Cc1ccc(S(=O)(=O)N2C3CCC2CC(Cc2cccc(NC(=O)Nc4cc(C(C)(C)C)nn4-c4ccc(C)cc4)c2)C3)cc1. The number of anilines is 2. The highest BCUT2D eigenvalue weighted by Crippen LogP contribution is 2.43. The van der Waals surface area contributed by atoms with Gasteiger partial charge in [0.25, 0.3) is 0 Å². The molecule has 0 radical (unpaired) electrons. The lowest BCUT2D eigenvalue weighted by Crippen LogP contribution is -2.46. The van der Waals surface area contributed by atoms with E-state index in [0.717, 1.165) is 60.2 Å². The summed E-state index contributed by atoms with van der Waals surface area (Å²) >= 11 is 0. The molecule has 2 atom stereocenters. The molecular weight excluding hydrogens is 595 g/mol. The number of nitrogens with one attached hydrogen (secondary N) is 2. The quantitative estimate of drug-likeness (QED) is 0.205. The molecule has 2 aliphatic heterocycles. The molecule has 2 aliphatic rings. The first kappa shape index (κ1) is 31.8. The highest BCUT2D eigenvalue weighted by molar-refractivity contribution is 7.89. The molecule has 2 bridgehead atoms. The fourth-order valence-electron chi connectivity index (χ4n) is 6.81. The van der Waals surface area contributed by atoms with Gasteiger partial charge in [-0.25, -0.2) is 17.9 Å². The van der Waals surface area contributed by atoms with Crippen LogP contribution in [0.1, 0.15) is 68.8 Å². The van der Waals surface area contributed by atoms with Crippen LogP contribution in [0.3, 0.4) is 0 Å². The van der Waals surface area contributed by atoms with Crippen molar-refractivity contribution in [1.29, 1.82) is 0 Å². The second-order valence-corrected chi connectivity index (χ2v) is 15.6. The molecule has 6 rings (SSSR count). The summed E-state index contributed by atoms with van der Waals surface area (Å²) in [6.45, 7) is 12.1. The number of hydrogen-bond donors (Lipinski definition) is 2. The molecule has 3 heterocycles. The maximum atomic E-state index is 13.6. The van der Waals surface area contributed by atoms with Crippen LogP contribution < -0.4 is 10.6 Å². The van der Waals surface area contributed by atoms with Crippen LogP contribution in [-0.4, -0.2) is 40.6 Å². The molecular formula is C37H43N5O3S. The Morgan fingerprint density at radius 3 is 2.26 bits per heavy atom. The largest absolute Gasteiger partial charge is 0.324 e. The van der Waals surface area contributed by atoms with Crippen molar-refractivity contribution >= 4 is 33.6 Å². The first-order valence-corrected chi connectivity index (χ1v) is 17.5. The number of piperidine rings is 1. The summed E-state index contributed by atoms with van der Waals surface area (Å²) in [5, 5.41) is 10.8. The number of fused-ring (bicyclic) bond motifs is 2. The Hall–Kier alpha value is -4.21. The third-order valence-corrected chi connectivity index (χ3v) is 11.2. The van der Waals surface area contributed by atoms with E-state index in [1.807, 2.05) is 55.5 Å². The molecule has 9 heteroatoms. The number of carbonyl (C=O) groups excluding carboxylic acids is 1. The van der Waals surface area contributed by atoms with Gasteiger partial charge in [0.1, 0.15) is 5.82 Å². The number of sulfonamides is 1. The van der Waals surface area contributed by atoms with Crippen molar-refractivity contribution in [3.63, 3.8) is 0 Å². The van der Waals surface area contributed by atoms with Crippen molar-refractivity contribution < 1.29 is 13.2 Å². The fourth-order valence-corrected chi connectivity index (χ4v) is 8.70. The number of aryl methyl sites for hydroxylation is 1. The van der Waals surface area contributed by atoms with Crippen molar-refractivity contribution in [3.8, 4) is 5.69 Å². The average Bonchev–Trinajstić information content (AvgIpc) is 3.56. The van der Waals surface area contributed by atoms with Crippen LogP contribution in [-0.2, 0) is 21.9 Å². The third-order valence-electron chi connectivity index (χ3n) is 9.16. The Morgan fingerprint density at radius 1 is 0.957 bits per heavy atom. The zero-order chi connectivity index (χ0) is 32.6. The second kappa shape index (κ2) is 12.5. The lowest BCUT2D eigenvalue weighted by Gasteiger charge is -2.38. The Bertz CT molecular complexity index is 1830. The lowest BCUT2D eigenvalue weighted by atomic mass is 9.87. The third kappa shape index (κ3) is 6.66. The summed E-state index contributed by atoms with van der Waals surface area (Å²) in [6, 6.07) is 24.6. The number of rotatable bonds is 8. The van der Waals surface area contributed by atoms with Crippen LogP contribution >= 0.6 is 0 Å². The summed E-state index contributed by atoms with van der Waals surface area (Å²) in [5.74, 6) is 0.965. The molecule has 0 spiro atoms. The first-order valence-electron chi connectivity index (χ1n) is 16.0. The van der Waals surface area contributed by atoms with Gasteiger partial charge in [-0.1, -0.05) is 75.4 Å². The average molecular weight is 638 g/mol. The summed E-state index contributed by atoms with van der Waals surface area (Å²) in [6.07, 6.45) is 6.00. The van der Waals surface area contributed by atoms with E-state index >= 15 is 0 Å². The van der Waals surface area contributed by atoms with Crippen molar-refractivity contribution in [3.05, 3.63) is 108 Å². The number of benzene rings is 3. The van der Waals surface area contributed by atoms with E-state index in [4.69, 9.17) is 5.10 Å². The van der Waals surface area contributed by atoms with Gasteiger partial charge in [0.15, 0.2) is 0 Å². The Morgan fingerprint density at radius 2 is 1.63 bits per heavy atom. The first-order chi connectivity index (χ1) is 21.9. The summed E-state index contributed by atoms with van der Waals surface area (Å²) in [5.41, 5.74) is 5.45. The second-order valence-electron chi connectivity index (χ2n) is 13.7. The molecule has 3 aromatic carbocycles. The maximum Gasteiger partial charge on any atom is 0.324 e. The van der Waals surface area contributed by atoms with Crippen LogP contribution in [0.25, 0.3) is 11.8 Å². The molecule has 0 aliphatic carbocycles. The number of amides is 2. The van der Waals surface area contributed by atoms with Gasteiger partial charge in [0, 0.05) is 29.3 Å². The molecule has 2 amide bonds. The van der Waals surface area contributed by atoms with Crippen LogP contribution in [0, 0.1) is 12.8 Å². The number of aromatic nitrogens is 2. The van der Waals surface area contributed by atoms with Crippen LogP contribution in [0.4, 0.5) is 16.3 Å². The van der Waals surface area contributed by atoms with Crippen molar-refractivity contribution in [2.45, 2.75) is 82.2 Å². The van der Waals surface area contributed by atoms with Crippen molar-refractivity contribution in [1.82, 2.24) is 14.1 Å². The number of nitrogens with zero attached hydrogens (tertiary/aromatic N) is 3. The monoisotopic (exact) mass is 637 g/mol. The van der Waals surface area contributed by atoms with E-state index in [2.05, 4.69) is 44.1 Å². The molecule has 4 aromatic rings. The number of carbonyl (C=O) groups is 1. The van der Waals surface area contributed by atoms with Crippen molar-refractivity contribution in [2.75, 3.05) is 10.6 Å². The van der Waals surface area contributed by atoms with E-state index in [9.17, 15) is 13.2 Å². The number of urea groups is 1. The Labute approximate surface area is 272 Å². The minimum Gasteiger partial charge on any atom is -0.308 e. The van der Waals surface area contributed by atoms with Gasteiger partial charge in [0.05, 0.1) is 16.3 Å². The number of hydrogen-bond acceptors (Lipinski definition) is 4. The molecule has 240 valence electrons. The van der Waals surface area contributed by atoms with E-state index < -0.39 is 10.0 Å². The Balaban J connectivity index is 1.12. The molecule has 46 heavy (non-hydrogen) atoms. The summed E-state index contributed by atoms with van der Waals surface area (Å²) in [4.78, 5) is 13.6. The van der Waals surface area contributed by atoms with Crippen LogP contribution in [0.2, 0.25) is 0 Å². The van der Waals surface area contributed by atoms with E-state index in [-0.39, 0.29) is 23.5 Å².